The van der Waals surface area contributed by atoms with E-state index in [1.807, 2.05) is 26.0 Å². The van der Waals surface area contributed by atoms with Gasteiger partial charge in [-0.05, 0) is 42.2 Å². The molecule has 0 radical (unpaired) electrons. The van der Waals surface area contributed by atoms with Gasteiger partial charge in [0.05, 0.1) is 6.61 Å². The quantitative estimate of drug-likeness (QED) is 0.162. The van der Waals surface area contributed by atoms with E-state index in [-0.39, 0.29) is 12.1 Å². The molecule has 0 aliphatic heterocycles. The Bertz CT molecular complexity index is 779. The zero-order valence-corrected chi connectivity index (χ0v) is 21.8. The first-order valence-corrected chi connectivity index (χ1v) is 13.7. The molecule has 0 amide bonds. The topological polar surface area (TPSA) is 35.5 Å². The molecule has 2 aromatic carbocycles. The Balaban J connectivity index is 1.58. The van der Waals surface area contributed by atoms with E-state index in [2.05, 4.69) is 43.3 Å². The highest BCUT2D eigenvalue weighted by molar-refractivity contribution is 5.69. The lowest BCUT2D eigenvalue weighted by Gasteiger charge is -2.13. The van der Waals surface area contributed by atoms with Gasteiger partial charge in [-0.15, -0.1) is 0 Å². The average molecular weight is 467 g/mol. The molecule has 0 N–H and O–H groups in total. The lowest BCUT2D eigenvalue weighted by atomic mass is 10.0. The first-order valence-electron chi connectivity index (χ1n) is 13.7. The van der Waals surface area contributed by atoms with Gasteiger partial charge in [-0.25, -0.2) is 0 Å². The number of ether oxygens (including phenoxy) is 2. The second kappa shape index (κ2) is 17.2. The van der Waals surface area contributed by atoms with E-state index in [0.29, 0.717) is 6.42 Å². The van der Waals surface area contributed by atoms with E-state index in [1.165, 1.54) is 70.6 Å². The molecule has 0 heterocycles. The molecule has 1 unspecified atom stereocenters. The highest BCUT2D eigenvalue weighted by Gasteiger charge is 2.10. The van der Waals surface area contributed by atoms with Crippen molar-refractivity contribution in [3.63, 3.8) is 0 Å². The molecule has 0 fully saturated rings. The SMILES string of the molecule is CCCCCCCCCCCCCCOc1ccc(-c2ccc(C(C)OC(=O)CC)cc2)cc1. The average Bonchev–Trinajstić information content (AvgIpc) is 2.87. The van der Waals surface area contributed by atoms with Crippen molar-refractivity contribution in [3.8, 4) is 16.9 Å². The number of benzene rings is 2. The minimum absolute atomic E-state index is 0.171. The molecular formula is C31H46O3. The summed E-state index contributed by atoms with van der Waals surface area (Å²) < 4.78 is 11.3. The summed E-state index contributed by atoms with van der Waals surface area (Å²) in [5, 5.41) is 0. The molecule has 3 heteroatoms. The fourth-order valence-electron chi connectivity index (χ4n) is 4.17. The Morgan fingerprint density at radius 3 is 1.65 bits per heavy atom. The van der Waals surface area contributed by atoms with Gasteiger partial charge in [0.1, 0.15) is 11.9 Å². The first kappa shape index (κ1) is 28.0. The zero-order valence-electron chi connectivity index (χ0n) is 21.8. The maximum absolute atomic E-state index is 11.5. The third-order valence-electron chi connectivity index (χ3n) is 6.43. The molecule has 0 spiro atoms. The lowest BCUT2D eigenvalue weighted by Crippen LogP contribution is -2.07. The predicted molar refractivity (Wildman–Crippen MR) is 143 cm³/mol. The fourth-order valence-corrected chi connectivity index (χ4v) is 4.17. The molecule has 0 bridgehead atoms. The largest absolute Gasteiger partial charge is 0.494 e. The number of rotatable bonds is 18. The van der Waals surface area contributed by atoms with Crippen molar-refractivity contribution in [2.75, 3.05) is 6.61 Å². The molecule has 0 saturated carbocycles. The third-order valence-corrected chi connectivity index (χ3v) is 6.43. The van der Waals surface area contributed by atoms with Crippen LogP contribution in [-0.4, -0.2) is 12.6 Å². The smallest absolute Gasteiger partial charge is 0.306 e. The van der Waals surface area contributed by atoms with Crippen molar-refractivity contribution >= 4 is 5.97 Å². The van der Waals surface area contributed by atoms with Crippen molar-refractivity contribution in [3.05, 3.63) is 54.1 Å². The molecule has 2 aromatic rings. The summed E-state index contributed by atoms with van der Waals surface area (Å²) in [6.07, 6.45) is 16.5. The van der Waals surface area contributed by atoms with Gasteiger partial charge in [0.15, 0.2) is 0 Å². The van der Waals surface area contributed by atoms with E-state index < -0.39 is 0 Å². The summed E-state index contributed by atoms with van der Waals surface area (Å²) in [6, 6.07) is 16.5. The molecular weight excluding hydrogens is 420 g/mol. The monoisotopic (exact) mass is 466 g/mol. The van der Waals surface area contributed by atoms with Gasteiger partial charge >= 0.3 is 5.97 Å². The zero-order chi connectivity index (χ0) is 24.4. The van der Waals surface area contributed by atoms with Crippen LogP contribution in [0.3, 0.4) is 0 Å². The number of carbonyl (C=O) groups is 1. The third kappa shape index (κ3) is 11.2. The van der Waals surface area contributed by atoms with Crippen LogP contribution >= 0.6 is 0 Å². The van der Waals surface area contributed by atoms with Crippen molar-refractivity contribution in [1.29, 1.82) is 0 Å². The van der Waals surface area contributed by atoms with E-state index >= 15 is 0 Å². The van der Waals surface area contributed by atoms with Gasteiger partial charge in [-0.1, -0.05) is 121 Å². The van der Waals surface area contributed by atoms with Crippen LogP contribution in [0.4, 0.5) is 0 Å². The normalized spacial score (nSPS) is 11.9. The van der Waals surface area contributed by atoms with E-state index in [1.54, 1.807) is 0 Å². The van der Waals surface area contributed by atoms with Gasteiger partial charge in [0.25, 0.3) is 0 Å². The Kier molecular flexibility index (Phi) is 14.1. The fraction of sp³-hybridized carbons (Fsp3) is 0.581. The molecule has 34 heavy (non-hydrogen) atoms. The van der Waals surface area contributed by atoms with E-state index in [4.69, 9.17) is 9.47 Å². The maximum Gasteiger partial charge on any atom is 0.306 e. The van der Waals surface area contributed by atoms with Crippen molar-refractivity contribution < 1.29 is 14.3 Å². The molecule has 2 rings (SSSR count). The number of unbranched alkanes of at least 4 members (excludes halogenated alkanes) is 11. The van der Waals surface area contributed by atoms with Gasteiger partial charge in [-0.2, -0.15) is 0 Å². The van der Waals surface area contributed by atoms with Gasteiger partial charge in [0.2, 0.25) is 0 Å². The number of hydrogen-bond donors (Lipinski definition) is 0. The van der Waals surface area contributed by atoms with Gasteiger partial charge in [-0.3, -0.25) is 4.79 Å². The predicted octanol–water partition coefficient (Wildman–Crippen LogP) is 9.45. The lowest BCUT2D eigenvalue weighted by molar-refractivity contribution is -0.148. The number of esters is 1. The highest BCUT2D eigenvalue weighted by Crippen LogP contribution is 2.25. The molecule has 3 nitrogen and oxygen atoms in total. The van der Waals surface area contributed by atoms with Crippen LogP contribution in [0.1, 0.15) is 116 Å². The second-order valence-electron chi connectivity index (χ2n) is 9.37. The van der Waals surface area contributed by atoms with Crippen molar-refractivity contribution in [1.82, 2.24) is 0 Å². The number of hydrogen-bond acceptors (Lipinski definition) is 3. The van der Waals surface area contributed by atoms with Crippen LogP contribution < -0.4 is 4.74 Å². The van der Waals surface area contributed by atoms with Crippen LogP contribution in [0, 0.1) is 0 Å². The molecule has 0 aliphatic carbocycles. The van der Waals surface area contributed by atoms with Crippen molar-refractivity contribution in [2.45, 2.75) is 110 Å². The van der Waals surface area contributed by atoms with E-state index in [0.717, 1.165) is 35.5 Å². The summed E-state index contributed by atoms with van der Waals surface area (Å²) >= 11 is 0. The first-order chi connectivity index (χ1) is 16.6. The molecule has 188 valence electrons. The molecule has 1 atom stereocenters. The van der Waals surface area contributed by atoms with Crippen molar-refractivity contribution in [2.24, 2.45) is 0 Å². The summed E-state index contributed by atoms with van der Waals surface area (Å²) in [6.45, 7) is 6.79. The van der Waals surface area contributed by atoms with Crippen LogP contribution in [-0.2, 0) is 9.53 Å². The Morgan fingerprint density at radius 1 is 0.676 bits per heavy atom. The summed E-state index contributed by atoms with van der Waals surface area (Å²) in [4.78, 5) is 11.5. The molecule has 0 aromatic heterocycles. The van der Waals surface area contributed by atoms with Crippen LogP contribution in [0.25, 0.3) is 11.1 Å². The summed E-state index contributed by atoms with van der Waals surface area (Å²) in [7, 11) is 0. The molecule has 0 aliphatic rings. The Labute approximate surface area is 208 Å². The highest BCUT2D eigenvalue weighted by atomic mass is 16.5. The van der Waals surface area contributed by atoms with Gasteiger partial charge in [0, 0.05) is 6.42 Å². The van der Waals surface area contributed by atoms with Crippen LogP contribution in [0.15, 0.2) is 48.5 Å². The van der Waals surface area contributed by atoms with Crippen LogP contribution in [0.5, 0.6) is 5.75 Å². The molecule has 0 saturated heterocycles. The Morgan fingerprint density at radius 2 is 1.15 bits per heavy atom. The minimum atomic E-state index is -0.224. The number of carbonyl (C=O) groups excluding carboxylic acids is 1. The summed E-state index contributed by atoms with van der Waals surface area (Å²) in [5.41, 5.74) is 3.31. The van der Waals surface area contributed by atoms with Crippen LogP contribution in [0.2, 0.25) is 0 Å². The second-order valence-corrected chi connectivity index (χ2v) is 9.37. The summed E-state index contributed by atoms with van der Waals surface area (Å²) in [5.74, 6) is 0.763. The standard InChI is InChI=1S/C31H46O3/c1-4-6-7-8-9-10-11-12-13-14-15-16-25-33-30-23-21-29(22-24-30)28-19-17-27(18-20-28)26(3)34-31(32)5-2/h17-24,26H,4-16,25H2,1-3H3. The Hall–Kier alpha value is -2.29. The maximum atomic E-state index is 11.5. The van der Waals surface area contributed by atoms with Gasteiger partial charge < -0.3 is 9.47 Å². The minimum Gasteiger partial charge on any atom is -0.494 e. The van der Waals surface area contributed by atoms with E-state index in [9.17, 15) is 4.79 Å².